The average Bonchev–Trinajstić information content (AvgIpc) is 2.40. The van der Waals surface area contributed by atoms with Crippen molar-refractivity contribution in [2.75, 3.05) is 5.32 Å². The predicted molar refractivity (Wildman–Crippen MR) is 69.1 cm³/mol. The van der Waals surface area contributed by atoms with Crippen LogP contribution in [0.15, 0.2) is 36.4 Å². The van der Waals surface area contributed by atoms with Crippen molar-refractivity contribution >= 4 is 17.3 Å². The monoisotopic (exact) mass is 294 g/mol. The largest absolute Gasteiger partial charge is 0.508 e. The number of carbonyl (C=O) groups excluding carboxylic acids is 1. The number of nitro benzene ring substituents is 1. The van der Waals surface area contributed by atoms with E-state index in [0.717, 1.165) is 0 Å². The van der Waals surface area contributed by atoms with E-state index in [-0.39, 0.29) is 11.4 Å². The molecule has 108 valence electrons. The molecule has 8 heteroatoms. The number of amides is 1. The molecule has 21 heavy (non-hydrogen) atoms. The molecule has 0 saturated heterocycles. The normalized spacial score (nSPS) is 10.2. The lowest BCUT2D eigenvalue weighted by molar-refractivity contribution is -0.387. The van der Waals surface area contributed by atoms with E-state index >= 15 is 0 Å². The van der Waals surface area contributed by atoms with Crippen molar-refractivity contribution in [1.82, 2.24) is 0 Å². The molecule has 6 nitrogen and oxygen atoms in total. The number of nitro groups is 1. The van der Waals surface area contributed by atoms with E-state index in [1.165, 1.54) is 24.3 Å². The maximum atomic E-state index is 13.8. The molecule has 0 fully saturated rings. The lowest BCUT2D eigenvalue weighted by Crippen LogP contribution is -2.15. The standard InChI is InChI=1S/C13H8F2N2O4/c14-7-4-10(12(15)11(5-7)17(20)21)13(19)16-8-2-1-3-9(18)6-8/h1-6,18H,(H,16,19). The van der Waals surface area contributed by atoms with E-state index in [1.54, 1.807) is 0 Å². The van der Waals surface area contributed by atoms with Crippen LogP contribution >= 0.6 is 0 Å². The van der Waals surface area contributed by atoms with Gasteiger partial charge in [-0.05, 0) is 18.2 Å². The Hall–Kier alpha value is -3.03. The van der Waals surface area contributed by atoms with E-state index in [0.29, 0.717) is 12.1 Å². The fourth-order valence-electron chi connectivity index (χ4n) is 1.66. The van der Waals surface area contributed by atoms with E-state index in [1.807, 2.05) is 0 Å². The first-order valence-corrected chi connectivity index (χ1v) is 5.62. The highest BCUT2D eigenvalue weighted by Crippen LogP contribution is 2.24. The van der Waals surface area contributed by atoms with Crippen molar-refractivity contribution < 1.29 is 23.6 Å². The molecule has 0 atom stereocenters. The molecular weight excluding hydrogens is 286 g/mol. The lowest BCUT2D eigenvalue weighted by Gasteiger charge is -2.07. The number of rotatable bonds is 3. The number of hydrogen-bond donors (Lipinski definition) is 2. The molecule has 2 N–H and O–H groups in total. The number of hydrogen-bond acceptors (Lipinski definition) is 4. The van der Waals surface area contributed by atoms with Gasteiger partial charge in [0.25, 0.3) is 5.91 Å². The van der Waals surface area contributed by atoms with Crippen molar-refractivity contribution in [3.63, 3.8) is 0 Å². The minimum absolute atomic E-state index is 0.131. The molecule has 0 unspecified atom stereocenters. The summed E-state index contributed by atoms with van der Waals surface area (Å²) in [6.07, 6.45) is 0. The zero-order valence-electron chi connectivity index (χ0n) is 10.3. The third kappa shape index (κ3) is 3.11. The van der Waals surface area contributed by atoms with Gasteiger partial charge in [-0.3, -0.25) is 14.9 Å². The topological polar surface area (TPSA) is 92.5 Å². The Labute approximate surface area is 116 Å². The minimum Gasteiger partial charge on any atom is -0.508 e. The summed E-state index contributed by atoms with van der Waals surface area (Å²) in [6.45, 7) is 0. The Balaban J connectivity index is 2.37. The summed E-state index contributed by atoms with van der Waals surface area (Å²) in [5.74, 6) is -3.75. The van der Waals surface area contributed by atoms with Crippen LogP contribution in [0.5, 0.6) is 5.75 Å². The van der Waals surface area contributed by atoms with E-state index < -0.39 is 33.7 Å². The summed E-state index contributed by atoms with van der Waals surface area (Å²) in [5.41, 5.74) is -1.80. The van der Waals surface area contributed by atoms with Crippen LogP contribution in [0.2, 0.25) is 0 Å². The zero-order valence-corrected chi connectivity index (χ0v) is 10.3. The molecule has 0 aliphatic carbocycles. The fourth-order valence-corrected chi connectivity index (χ4v) is 1.66. The van der Waals surface area contributed by atoms with Gasteiger partial charge in [0.1, 0.15) is 11.6 Å². The fraction of sp³-hybridized carbons (Fsp3) is 0. The van der Waals surface area contributed by atoms with Crippen molar-refractivity contribution in [3.8, 4) is 5.75 Å². The van der Waals surface area contributed by atoms with Crippen LogP contribution in [0.25, 0.3) is 0 Å². The molecule has 0 radical (unpaired) electrons. The number of aromatic hydroxyl groups is 1. The van der Waals surface area contributed by atoms with E-state index in [2.05, 4.69) is 5.32 Å². The maximum absolute atomic E-state index is 13.8. The third-order valence-corrected chi connectivity index (χ3v) is 2.56. The Bertz CT molecular complexity index is 734. The Morgan fingerprint density at radius 3 is 2.57 bits per heavy atom. The maximum Gasteiger partial charge on any atom is 0.308 e. The highest BCUT2D eigenvalue weighted by atomic mass is 19.1. The van der Waals surface area contributed by atoms with Crippen LogP contribution < -0.4 is 5.32 Å². The number of phenolic OH excluding ortho intramolecular Hbond substituents is 1. The second kappa shape index (κ2) is 5.53. The van der Waals surface area contributed by atoms with Gasteiger partial charge in [-0.1, -0.05) is 6.07 Å². The molecule has 0 aliphatic heterocycles. The Kier molecular flexibility index (Phi) is 3.79. The summed E-state index contributed by atoms with van der Waals surface area (Å²) in [6, 6.07) is 6.31. The number of nitrogens with zero attached hydrogens (tertiary/aromatic N) is 1. The molecule has 1 amide bonds. The van der Waals surface area contributed by atoms with Gasteiger partial charge in [0.05, 0.1) is 16.6 Å². The van der Waals surface area contributed by atoms with Gasteiger partial charge < -0.3 is 10.4 Å². The summed E-state index contributed by atoms with van der Waals surface area (Å²) in [7, 11) is 0. The van der Waals surface area contributed by atoms with Gasteiger partial charge in [-0.2, -0.15) is 4.39 Å². The minimum atomic E-state index is -1.43. The van der Waals surface area contributed by atoms with Crippen LogP contribution in [0, 0.1) is 21.7 Å². The molecular formula is C13H8F2N2O4. The van der Waals surface area contributed by atoms with Crippen LogP contribution in [-0.2, 0) is 0 Å². The summed E-state index contributed by atoms with van der Waals surface area (Å²) < 4.78 is 27.1. The first-order valence-electron chi connectivity index (χ1n) is 5.62. The summed E-state index contributed by atoms with van der Waals surface area (Å²) >= 11 is 0. The van der Waals surface area contributed by atoms with Gasteiger partial charge in [-0.15, -0.1) is 0 Å². The average molecular weight is 294 g/mol. The van der Waals surface area contributed by atoms with Crippen molar-refractivity contribution in [3.05, 3.63) is 63.7 Å². The molecule has 0 aliphatic rings. The van der Waals surface area contributed by atoms with Gasteiger partial charge in [0.15, 0.2) is 0 Å². The molecule has 2 aromatic rings. The number of halogens is 2. The molecule has 0 spiro atoms. The molecule has 0 aromatic heterocycles. The van der Waals surface area contributed by atoms with Crippen molar-refractivity contribution in [2.24, 2.45) is 0 Å². The van der Waals surface area contributed by atoms with Gasteiger partial charge in [-0.25, -0.2) is 4.39 Å². The number of anilines is 1. The second-order valence-electron chi connectivity index (χ2n) is 4.05. The lowest BCUT2D eigenvalue weighted by atomic mass is 10.1. The van der Waals surface area contributed by atoms with Crippen LogP contribution in [0.3, 0.4) is 0 Å². The molecule has 2 aromatic carbocycles. The first-order chi connectivity index (χ1) is 9.88. The van der Waals surface area contributed by atoms with Crippen LogP contribution in [0.1, 0.15) is 10.4 Å². The van der Waals surface area contributed by atoms with Crippen LogP contribution in [0.4, 0.5) is 20.2 Å². The number of carbonyl (C=O) groups is 1. The van der Waals surface area contributed by atoms with E-state index in [4.69, 9.17) is 0 Å². The zero-order chi connectivity index (χ0) is 15.6. The second-order valence-corrected chi connectivity index (χ2v) is 4.05. The van der Waals surface area contributed by atoms with Gasteiger partial charge in [0.2, 0.25) is 5.82 Å². The Morgan fingerprint density at radius 2 is 1.95 bits per heavy atom. The SMILES string of the molecule is O=C(Nc1cccc(O)c1)c1cc(F)cc([N+](=O)[O-])c1F. The summed E-state index contributed by atoms with van der Waals surface area (Å²) in [4.78, 5) is 21.3. The number of phenols is 1. The molecule has 0 saturated carbocycles. The third-order valence-electron chi connectivity index (χ3n) is 2.56. The first kappa shape index (κ1) is 14.4. The molecule has 2 rings (SSSR count). The van der Waals surface area contributed by atoms with Crippen LogP contribution in [-0.4, -0.2) is 15.9 Å². The predicted octanol–water partition coefficient (Wildman–Crippen LogP) is 2.83. The van der Waals surface area contributed by atoms with Crippen molar-refractivity contribution in [2.45, 2.75) is 0 Å². The number of benzene rings is 2. The summed E-state index contributed by atoms with van der Waals surface area (Å²) in [5, 5.41) is 22.0. The quantitative estimate of drug-likeness (QED) is 0.672. The highest BCUT2D eigenvalue weighted by molar-refractivity contribution is 6.05. The number of nitrogens with one attached hydrogen (secondary N) is 1. The van der Waals surface area contributed by atoms with E-state index in [9.17, 15) is 28.8 Å². The van der Waals surface area contributed by atoms with Gasteiger partial charge >= 0.3 is 5.69 Å². The van der Waals surface area contributed by atoms with Crippen molar-refractivity contribution in [1.29, 1.82) is 0 Å². The molecule has 0 heterocycles. The Morgan fingerprint density at radius 1 is 1.24 bits per heavy atom. The molecule has 0 bridgehead atoms. The smallest absolute Gasteiger partial charge is 0.308 e. The van der Waals surface area contributed by atoms with Gasteiger partial charge in [0, 0.05) is 11.8 Å². The highest BCUT2D eigenvalue weighted by Gasteiger charge is 2.24.